The van der Waals surface area contributed by atoms with E-state index in [1.807, 2.05) is 48.6 Å². The molecule has 1 heterocycles. The van der Waals surface area contributed by atoms with E-state index in [1.54, 1.807) is 44.7 Å². The molecule has 35 heavy (non-hydrogen) atoms. The van der Waals surface area contributed by atoms with E-state index < -0.39 is 0 Å². The van der Waals surface area contributed by atoms with E-state index in [0.717, 1.165) is 28.4 Å². The van der Waals surface area contributed by atoms with E-state index in [0.29, 0.717) is 11.5 Å². The molecule has 0 bridgehead atoms. The van der Waals surface area contributed by atoms with Crippen molar-refractivity contribution < 1.29 is 44.1 Å². The first-order valence-electron chi connectivity index (χ1n) is 10.6. The number of hydrogen-bond donors (Lipinski definition) is 2. The molecule has 5 nitrogen and oxygen atoms in total. The van der Waals surface area contributed by atoms with Crippen LogP contribution in [0.3, 0.4) is 0 Å². The van der Waals surface area contributed by atoms with Gasteiger partial charge in [0.2, 0.25) is 0 Å². The Labute approximate surface area is 233 Å². The second kappa shape index (κ2) is 16.0. The van der Waals surface area contributed by atoms with Crippen molar-refractivity contribution >= 4 is 29.1 Å². The average Bonchev–Trinajstić information content (AvgIpc) is 3.28. The molecular formula is C27H38Cl2O5Ti. The number of benzene rings is 2. The molecule has 0 aliphatic heterocycles. The molecule has 0 saturated heterocycles. The zero-order valence-electron chi connectivity index (χ0n) is 21.7. The fourth-order valence-corrected chi connectivity index (χ4v) is 3.12. The van der Waals surface area contributed by atoms with Crippen LogP contribution in [-0.4, -0.2) is 28.7 Å². The number of ether oxygens (including phenoxy) is 2. The minimum atomic E-state index is -0.0569. The minimum absolute atomic E-state index is 0. The summed E-state index contributed by atoms with van der Waals surface area (Å²) < 4.78 is 17.0. The number of hydrogen-bond acceptors (Lipinski definition) is 5. The predicted molar refractivity (Wildman–Crippen MR) is 145 cm³/mol. The molecule has 0 unspecified atom stereocenters. The Morgan fingerprint density at radius 3 is 1.37 bits per heavy atom. The van der Waals surface area contributed by atoms with Crippen molar-refractivity contribution in [1.82, 2.24) is 0 Å². The van der Waals surface area contributed by atoms with Crippen molar-refractivity contribution in [2.75, 3.05) is 14.2 Å². The topological polar surface area (TPSA) is 72.1 Å². The van der Waals surface area contributed by atoms with Gasteiger partial charge in [0.15, 0.2) is 0 Å². The molecule has 0 aliphatic carbocycles. The summed E-state index contributed by atoms with van der Waals surface area (Å²) in [4.78, 5) is 0. The quantitative estimate of drug-likeness (QED) is 0.331. The van der Waals surface area contributed by atoms with Crippen LogP contribution in [0.5, 0.6) is 23.0 Å². The molecule has 0 aliphatic rings. The van der Waals surface area contributed by atoms with Gasteiger partial charge < -0.3 is 19.7 Å². The van der Waals surface area contributed by atoms with Crippen LogP contribution in [0.1, 0.15) is 58.4 Å². The number of halogens is 2. The van der Waals surface area contributed by atoms with E-state index in [4.69, 9.17) is 13.9 Å². The summed E-state index contributed by atoms with van der Waals surface area (Å²) in [6.07, 6.45) is 1.66. The molecule has 8 heteroatoms. The number of aromatic hydroxyl groups is 2. The van der Waals surface area contributed by atoms with E-state index in [1.165, 1.54) is 0 Å². The Balaban J connectivity index is 0. The summed E-state index contributed by atoms with van der Waals surface area (Å²) in [5.74, 6) is 3.15. The van der Waals surface area contributed by atoms with Crippen LogP contribution in [0.15, 0.2) is 59.2 Å². The first kappa shape index (κ1) is 35.2. The van der Waals surface area contributed by atoms with Gasteiger partial charge in [0.25, 0.3) is 0 Å². The third-order valence-electron chi connectivity index (χ3n) is 4.71. The zero-order chi connectivity index (χ0) is 25.2. The van der Waals surface area contributed by atoms with Gasteiger partial charge in [-0.05, 0) is 47.2 Å². The summed E-state index contributed by atoms with van der Waals surface area (Å²) >= 11 is 1.94. The normalized spacial score (nSPS) is 10.1. The number of rotatable bonds is 3. The van der Waals surface area contributed by atoms with Crippen LogP contribution in [0.2, 0.25) is 0 Å². The van der Waals surface area contributed by atoms with E-state index in [2.05, 4.69) is 41.5 Å². The van der Waals surface area contributed by atoms with Crippen molar-refractivity contribution in [2.45, 2.75) is 52.4 Å². The third-order valence-corrected chi connectivity index (χ3v) is 5.15. The van der Waals surface area contributed by atoms with Crippen molar-refractivity contribution in [2.24, 2.45) is 0 Å². The van der Waals surface area contributed by atoms with Crippen LogP contribution in [-0.2, 0) is 30.8 Å². The summed E-state index contributed by atoms with van der Waals surface area (Å²) in [6.45, 7) is 12.3. The SMILES string of the molecule is COc1ccc(O)c(C(C)(C)C)c1.COc1ccc(O)c(C(C)(C)C)c1.Cl.Cl.[Ti]=[CH]c1ccco1. The summed E-state index contributed by atoms with van der Waals surface area (Å²) in [7, 11) is 3.25. The van der Waals surface area contributed by atoms with E-state index >= 15 is 0 Å². The number of phenols is 2. The molecule has 3 rings (SSSR count). The number of furan rings is 1. The molecule has 1 aromatic heterocycles. The number of phenolic OH excluding ortho intramolecular Hbond substituents is 2. The summed E-state index contributed by atoms with van der Waals surface area (Å²) in [5, 5.41) is 19.2. The second-order valence-corrected chi connectivity index (χ2v) is 9.88. The molecule has 2 aromatic carbocycles. The van der Waals surface area contributed by atoms with Gasteiger partial charge in [0.1, 0.15) is 23.0 Å². The fourth-order valence-electron chi connectivity index (χ4n) is 2.86. The van der Waals surface area contributed by atoms with Crippen LogP contribution in [0.25, 0.3) is 0 Å². The van der Waals surface area contributed by atoms with Crippen molar-refractivity contribution in [3.8, 4) is 23.0 Å². The monoisotopic (exact) mass is 560 g/mol. The van der Waals surface area contributed by atoms with Crippen molar-refractivity contribution in [3.63, 3.8) is 0 Å². The van der Waals surface area contributed by atoms with Crippen molar-refractivity contribution in [3.05, 3.63) is 71.7 Å². The van der Waals surface area contributed by atoms with Crippen molar-refractivity contribution in [1.29, 1.82) is 0 Å². The first-order valence-corrected chi connectivity index (χ1v) is 11.5. The Bertz CT molecular complexity index is 944. The Morgan fingerprint density at radius 2 is 1.14 bits per heavy atom. The van der Waals surface area contributed by atoms with E-state index in [9.17, 15) is 10.2 Å². The van der Waals surface area contributed by atoms with Gasteiger partial charge >= 0.3 is 52.9 Å². The first-order chi connectivity index (χ1) is 15.3. The molecule has 0 spiro atoms. The molecule has 0 fully saturated rings. The van der Waals surface area contributed by atoms with Crippen LogP contribution in [0, 0.1) is 0 Å². The molecule has 0 saturated carbocycles. The molecule has 0 amide bonds. The summed E-state index contributed by atoms with van der Waals surface area (Å²) in [5.41, 5.74) is 1.70. The Kier molecular flexibility index (Phi) is 16.1. The fraction of sp³-hybridized carbons (Fsp3) is 0.370. The van der Waals surface area contributed by atoms with Crippen LogP contribution >= 0.6 is 24.8 Å². The molecular weight excluding hydrogens is 523 g/mol. The molecule has 3 aromatic rings. The van der Waals surface area contributed by atoms with Gasteiger partial charge in [-0.2, -0.15) is 0 Å². The average molecular weight is 561 g/mol. The molecule has 0 radical (unpaired) electrons. The Morgan fingerprint density at radius 1 is 0.743 bits per heavy atom. The van der Waals surface area contributed by atoms with Gasteiger partial charge in [0.05, 0.1) is 14.2 Å². The van der Waals surface area contributed by atoms with Gasteiger partial charge in [-0.3, -0.25) is 0 Å². The standard InChI is InChI=1S/2C11H16O2.C5H4O.2ClH.Ti/c2*1-11(2,3)9-7-8(13-4)5-6-10(9)12;1-5-3-2-4-6-5;;;/h2*5-7,12H,1-4H3;1-4H;2*1H;. The zero-order valence-corrected chi connectivity index (χ0v) is 24.9. The maximum absolute atomic E-state index is 9.61. The van der Waals surface area contributed by atoms with Gasteiger partial charge in [-0.25, -0.2) is 0 Å². The third kappa shape index (κ3) is 12.1. The molecule has 2 N–H and O–H groups in total. The Hall–Kier alpha value is -1.92. The maximum atomic E-state index is 9.61. The van der Waals surface area contributed by atoms with Crippen LogP contribution in [0.4, 0.5) is 0 Å². The van der Waals surface area contributed by atoms with Gasteiger partial charge in [0, 0.05) is 11.1 Å². The summed E-state index contributed by atoms with van der Waals surface area (Å²) in [6, 6.07) is 14.4. The second-order valence-electron chi connectivity index (χ2n) is 9.43. The molecule has 194 valence electrons. The van der Waals surface area contributed by atoms with Gasteiger partial charge in [-0.15, -0.1) is 24.8 Å². The number of methoxy groups -OCH3 is 2. The van der Waals surface area contributed by atoms with E-state index in [-0.39, 0.29) is 35.6 Å². The molecule has 0 atom stereocenters. The predicted octanol–water partition coefficient (Wildman–Crippen LogP) is 7.22. The van der Waals surface area contributed by atoms with Gasteiger partial charge in [-0.1, -0.05) is 41.5 Å². The van der Waals surface area contributed by atoms with Crippen LogP contribution < -0.4 is 9.47 Å².